The maximum atomic E-state index is 12.5. The molecule has 1 aromatic heterocycles. The van der Waals surface area contributed by atoms with E-state index in [0.29, 0.717) is 0 Å². The van der Waals surface area contributed by atoms with Crippen molar-refractivity contribution in [3.05, 3.63) is 14.7 Å². The fourth-order valence-corrected chi connectivity index (χ4v) is 5.24. The summed E-state index contributed by atoms with van der Waals surface area (Å²) < 4.78 is 30.8. The largest absolute Gasteiger partial charge is 0.477 e. The predicted octanol–water partition coefficient (Wildman–Crippen LogP) is 1.78. The maximum Gasteiger partial charge on any atom is 0.345 e. The molecular formula is C11H14BrNO6S2. The number of thiophene rings is 1. The molecule has 0 bridgehead atoms. The highest BCUT2D eigenvalue weighted by Gasteiger charge is 2.30. The molecule has 0 saturated carbocycles. The number of sulfonamides is 1. The fourth-order valence-electron chi connectivity index (χ4n) is 1.49. The van der Waals surface area contributed by atoms with Crippen molar-refractivity contribution < 1.29 is 27.9 Å². The van der Waals surface area contributed by atoms with Gasteiger partial charge in [0.1, 0.15) is 16.3 Å². The van der Waals surface area contributed by atoms with Crippen molar-refractivity contribution in [1.82, 2.24) is 4.31 Å². The Labute approximate surface area is 134 Å². The van der Waals surface area contributed by atoms with Gasteiger partial charge in [0, 0.05) is 6.54 Å². The van der Waals surface area contributed by atoms with Gasteiger partial charge >= 0.3 is 11.9 Å². The van der Waals surface area contributed by atoms with Crippen LogP contribution in [0.25, 0.3) is 0 Å². The van der Waals surface area contributed by atoms with Crippen LogP contribution < -0.4 is 0 Å². The Morgan fingerprint density at radius 3 is 2.48 bits per heavy atom. The number of rotatable bonds is 7. The molecule has 1 rings (SSSR count). The van der Waals surface area contributed by atoms with Crippen LogP contribution in [-0.2, 0) is 19.6 Å². The monoisotopic (exact) mass is 399 g/mol. The van der Waals surface area contributed by atoms with Gasteiger partial charge in [0.05, 0.1) is 10.4 Å². The Kier molecular flexibility index (Phi) is 6.32. The third kappa shape index (κ3) is 4.25. The van der Waals surface area contributed by atoms with Gasteiger partial charge in [0.25, 0.3) is 0 Å². The van der Waals surface area contributed by atoms with Crippen LogP contribution in [0.2, 0.25) is 0 Å². The van der Waals surface area contributed by atoms with Crippen LogP contribution >= 0.6 is 27.3 Å². The van der Waals surface area contributed by atoms with Gasteiger partial charge in [-0.15, -0.1) is 11.3 Å². The summed E-state index contributed by atoms with van der Waals surface area (Å²) in [6.07, 6.45) is 0. The lowest BCUT2D eigenvalue weighted by atomic mass is 10.5. The van der Waals surface area contributed by atoms with Gasteiger partial charge in [-0.1, -0.05) is 6.92 Å². The zero-order valence-corrected chi connectivity index (χ0v) is 14.5. The standard InChI is InChI=1S/C11H14BrNO6S2/c1-3-13(6-9(14)19-4-2)21(17,18)8-5-7(11(15)16)20-10(8)12/h5H,3-4,6H2,1-2H3,(H,15,16). The number of hydrogen-bond donors (Lipinski definition) is 1. The summed E-state index contributed by atoms with van der Waals surface area (Å²) >= 11 is 3.85. The molecule has 0 radical (unpaired) electrons. The van der Waals surface area contributed by atoms with Gasteiger partial charge < -0.3 is 9.84 Å². The molecule has 0 atom stereocenters. The number of carbonyl (C=O) groups excluding carboxylic acids is 1. The third-order valence-electron chi connectivity index (χ3n) is 2.45. The van der Waals surface area contributed by atoms with Gasteiger partial charge in [0.2, 0.25) is 10.0 Å². The van der Waals surface area contributed by atoms with Crippen LogP contribution in [0.1, 0.15) is 23.5 Å². The maximum absolute atomic E-state index is 12.5. The second-order valence-electron chi connectivity index (χ2n) is 3.79. The molecule has 0 saturated heterocycles. The molecule has 0 aliphatic heterocycles. The zero-order valence-electron chi connectivity index (χ0n) is 11.3. The van der Waals surface area contributed by atoms with E-state index in [0.717, 1.165) is 21.7 Å². The number of ether oxygens (including phenoxy) is 1. The molecule has 0 aliphatic rings. The van der Waals surface area contributed by atoms with E-state index < -0.39 is 28.5 Å². The minimum atomic E-state index is -3.98. The number of aromatic carboxylic acids is 1. The van der Waals surface area contributed by atoms with E-state index >= 15 is 0 Å². The van der Waals surface area contributed by atoms with E-state index in [2.05, 4.69) is 15.9 Å². The summed E-state index contributed by atoms with van der Waals surface area (Å²) in [5.74, 6) is -1.87. The summed E-state index contributed by atoms with van der Waals surface area (Å²) in [6, 6.07) is 1.07. The van der Waals surface area contributed by atoms with Crippen molar-refractivity contribution in [3.63, 3.8) is 0 Å². The number of carbonyl (C=O) groups is 2. The minimum Gasteiger partial charge on any atom is -0.477 e. The molecule has 0 fully saturated rings. The third-order valence-corrected chi connectivity index (χ3v) is 6.61. The number of likely N-dealkylation sites (N-methyl/N-ethyl adjacent to an activating group) is 1. The van der Waals surface area contributed by atoms with Crippen LogP contribution in [0.3, 0.4) is 0 Å². The lowest BCUT2D eigenvalue weighted by molar-refractivity contribution is -0.143. The first-order valence-corrected chi connectivity index (χ1v) is 8.97. The number of nitrogens with zero attached hydrogens (tertiary/aromatic N) is 1. The van der Waals surface area contributed by atoms with Gasteiger partial charge in [0.15, 0.2) is 0 Å². The van der Waals surface area contributed by atoms with Crippen LogP contribution in [0.5, 0.6) is 0 Å². The molecule has 1 heterocycles. The summed E-state index contributed by atoms with van der Waals surface area (Å²) in [7, 11) is -3.98. The van der Waals surface area contributed by atoms with Crippen molar-refractivity contribution in [1.29, 1.82) is 0 Å². The quantitative estimate of drug-likeness (QED) is 0.701. The van der Waals surface area contributed by atoms with Crippen LogP contribution in [0.15, 0.2) is 14.7 Å². The van der Waals surface area contributed by atoms with Crippen molar-refractivity contribution >= 4 is 49.2 Å². The van der Waals surface area contributed by atoms with Crippen molar-refractivity contribution in [2.45, 2.75) is 18.7 Å². The van der Waals surface area contributed by atoms with Crippen molar-refractivity contribution in [2.75, 3.05) is 19.7 Å². The molecular weight excluding hydrogens is 386 g/mol. The summed E-state index contributed by atoms with van der Waals surface area (Å²) in [5.41, 5.74) is 0. The number of halogens is 1. The molecule has 10 heteroatoms. The molecule has 21 heavy (non-hydrogen) atoms. The van der Waals surface area contributed by atoms with Gasteiger partial charge in [-0.25, -0.2) is 13.2 Å². The van der Waals surface area contributed by atoms with Gasteiger partial charge in [-0.2, -0.15) is 4.31 Å². The molecule has 1 N–H and O–H groups in total. The molecule has 0 aliphatic carbocycles. The average Bonchev–Trinajstić information content (AvgIpc) is 2.79. The molecule has 0 unspecified atom stereocenters. The van der Waals surface area contributed by atoms with E-state index in [4.69, 9.17) is 9.84 Å². The Hall–Kier alpha value is -0.970. The highest BCUT2D eigenvalue weighted by Crippen LogP contribution is 2.33. The topological polar surface area (TPSA) is 101 Å². The van der Waals surface area contributed by atoms with E-state index in [1.165, 1.54) is 0 Å². The van der Waals surface area contributed by atoms with Gasteiger partial charge in [-0.05, 0) is 28.9 Å². The first kappa shape index (κ1) is 18.1. The molecule has 0 aromatic carbocycles. The Morgan fingerprint density at radius 2 is 2.05 bits per heavy atom. The number of esters is 1. The average molecular weight is 400 g/mol. The number of carboxylic acid groups (broad SMARTS) is 1. The van der Waals surface area contributed by atoms with Crippen LogP contribution in [0, 0.1) is 0 Å². The number of carboxylic acids is 1. The Balaban J connectivity index is 3.13. The zero-order chi connectivity index (χ0) is 16.2. The van der Waals surface area contributed by atoms with Crippen molar-refractivity contribution in [2.24, 2.45) is 0 Å². The Bertz CT molecular complexity index is 639. The lowest BCUT2D eigenvalue weighted by Gasteiger charge is -2.18. The van der Waals surface area contributed by atoms with Crippen LogP contribution in [0.4, 0.5) is 0 Å². The first-order valence-electron chi connectivity index (χ1n) is 5.92. The highest BCUT2D eigenvalue weighted by atomic mass is 79.9. The minimum absolute atomic E-state index is 0.0613. The fraction of sp³-hybridized carbons (Fsp3) is 0.455. The van der Waals surface area contributed by atoms with E-state index in [1.54, 1.807) is 13.8 Å². The summed E-state index contributed by atoms with van der Waals surface area (Å²) in [4.78, 5) is 22.1. The normalized spacial score (nSPS) is 11.6. The first-order chi connectivity index (χ1) is 9.73. The van der Waals surface area contributed by atoms with E-state index in [1.807, 2.05) is 0 Å². The molecule has 1 aromatic rings. The Morgan fingerprint density at radius 1 is 1.43 bits per heavy atom. The predicted molar refractivity (Wildman–Crippen MR) is 80.0 cm³/mol. The van der Waals surface area contributed by atoms with Crippen LogP contribution in [-0.4, -0.2) is 49.5 Å². The highest BCUT2D eigenvalue weighted by molar-refractivity contribution is 9.11. The number of hydrogen-bond acceptors (Lipinski definition) is 6. The van der Waals surface area contributed by atoms with Crippen molar-refractivity contribution in [3.8, 4) is 0 Å². The molecule has 7 nitrogen and oxygen atoms in total. The summed E-state index contributed by atoms with van der Waals surface area (Å²) in [5, 5.41) is 8.91. The molecule has 0 spiro atoms. The van der Waals surface area contributed by atoms with E-state index in [-0.39, 0.29) is 26.7 Å². The molecule has 0 amide bonds. The van der Waals surface area contributed by atoms with Gasteiger partial charge in [-0.3, -0.25) is 4.79 Å². The summed E-state index contributed by atoms with van der Waals surface area (Å²) in [6.45, 7) is 3.00. The second-order valence-corrected chi connectivity index (χ2v) is 8.07. The van der Waals surface area contributed by atoms with E-state index in [9.17, 15) is 18.0 Å². The lowest BCUT2D eigenvalue weighted by Crippen LogP contribution is -2.36. The second kappa shape index (κ2) is 7.34. The molecule has 118 valence electrons. The SMILES string of the molecule is CCOC(=O)CN(CC)S(=O)(=O)c1cc(C(=O)O)sc1Br. The smallest absolute Gasteiger partial charge is 0.345 e.